The number of pyridine rings is 1. The third-order valence-corrected chi connectivity index (χ3v) is 3.12. The number of hydrogen-bond donors (Lipinski definition) is 0. The minimum atomic E-state index is 0.546. The molecular weight excluding hydrogens is 220 g/mol. The molecule has 2 rings (SSSR count). The van der Waals surface area contributed by atoms with E-state index < -0.39 is 0 Å². The number of rotatable bonds is 5. The Bertz CT molecular complexity index is 348. The molecule has 0 aliphatic heterocycles. The average Bonchev–Trinajstić information content (AvgIpc) is 3.09. The van der Waals surface area contributed by atoms with Crippen LogP contribution in [0.15, 0.2) is 18.3 Å². The first-order chi connectivity index (χ1) is 7.72. The van der Waals surface area contributed by atoms with Crippen LogP contribution < -0.4 is 4.90 Å². The molecule has 2 nitrogen and oxygen atoms in total. The van der Waals surface area contributed by atoms with Crippen molar-refractivity contribution in [2.75, 3.05) is 11.4 Å². The molecule has 0 N–H and O–H groups in total. The molecule has 1 saturated carbocycles. The summed E-state index contributed by atoms with van der Waals surface area (Å²) in [6.45, 7) is 5.57. The minimum Gasteiger partial charge on any atom is -0.353 e. The molecule has 0 spiro atoms. The number of anilines is 1. The Balaban J connectivity index is 2.23. The third-order valence-electron chi connectivity index (χ3n) is 2.83. The predicted molar refractivity (Wildman–Crippen MR) is 69.0 cm³/mol. The first-order valence-corrected chi connectivity index (χ1v) is 6.52. The summed E-state index contributed by atoms with van der Waals surface area (Å²) in [5.41, 5.74) is 1.15. The van der Waals surface area contributed by atoms with Crippen LogP contribution in [-0.4, -0.2) is 17.6 Å². The molecule has 0 radical (unpaired) electrons. The van der Waals surface area contributed by atoms with Crippen molar-refractivity contribution >= 4 is 17.4 Å². The fraction of sp³-hybridized carbons (Fsp3) is 0.615. The van der Waals surface area contributed by atoms with Gasteiger partial charge in [-0.05, 0) is 24.8 Å². The number of halogens is 1. The van der Waals surface area contributed by atoms with Gasteiger partial charge in [-0.25, -0.2) is 4.98 Å². The van der Waals surface area contributed by atoms with E-state index in [0.29, 0.717) is 17.8 Å². The van der Waals surface area contributed by atoms with Gasteiger partial charge < -0.3 is 4.90 Å². The fourth-order valence-electron chi connectivity index (χ4n) is 1.98. The maximum atomic E-state index is 5.97. The van der Waals surface area contributed by atoms with Crippen LogP contribution in [0.5, 0.6) is 0 Å². The van der Waals surface area contributed by atoms with Crippen molar-refractivity contribution in [3.05, 3.63) is 23.9 Å². The van der Waals surface area contributed by atoms with Crippen molar-refractivity contribution in [1.82, 2.24) is 4.98 Å². The summed E-state index contributed by atoms with van der Waals surface area (Å²) in [6.07, 6.45) is 4.46. The molecule has 0 saturated heterocycles. The maximum Gasteiger partial charge on any atom is 0.133 e. The molecular formula is C13H19ClN2. The van der Waals surface area contributed by atoms with E-state index in [1.54, 1.807) is 0 Å². The topological polar surface area (TPSA) is 16.1 Å². The highest BCUT2D eigenvalue weighted by atomic mass is 35.5. The number of hydrogen-bond acceptors (Lipinski definition) is 2. The van der Waals surface area contributed by atoms with Crippen LogP contribution in [0.3, 0.4) is 0 Å². The van der Waals surface area contributed by atoms with Gasteiger partial charge in [-0.2, -0.15) is 0 Å². The van der Waals surface area contributed by atoms with Crippen molar-refractivity contribution in [1.29, 1.82) is 0 Å². The highest BCUT2D eigenvalue weighted by Gasteiger charge is 2.31. The first kappa shape index (κ1) is 11.7. The molecule has 1 fully saturated rings. The van der Waals surface area contributed by atoms with Crippen LogP contribution >= 0.6 is 11.6 Å². The zero-order valence-corrected chi connectivity index (χ0v) is 10.7. The summed E-state index contributed by atoms with van der Waals surface area (Å²) in [7, 11) is 0. The first-order valence-electron chi connectivity index (χ1n) is 5.99. The van der Waals surface area contributed by atoms with Gasteiger partial charge in [0.15, 0.2) is 0 Å². The molecule has 0 aromatic carbocycles. The number of alkyl halides is 1. The third kappa shape index (κ3) is 2.67. The lowest BCUT2D eigenvalue weighted by Crippen LogP contribution is -2.31. The molecule has 1 aliphatic carbocycles. The molecule has 0 atom stereocenters. The highest BCUT2D eigenvalue weighted by Crippen LogP contribution is 2.33. The van der Waals surface area contributed by atoms with Gasteiger partial charge >= 0.3 is 0 Å². The summed E-state index contributed by atoms with van der Waals surface area (Å²) in [5.74, 6) is 2.30. The molecule has 16 heavy (non-hydrogen) atoms. The SMILES string of the molecule is CC(C)CN(c1ncccc1CCl)C1CC1. The number of aromatic nitrogens is 1. The van der Waals surface area contributed by atoms with Crippen LogP contribution in [0, 0.1) is 5.92 Å². The quantitative estimate of drug-likeness (QED) is 0.731. The summed E-state index contributed by atoms with van der Waals surface area (Å²) < 4.78 is 0. The predicted octanol–water partition coefficient (Wildman–Crippen LogP) is 3.45. The molecule has 1 aromatic rings. The van der Waals surface area contributed by atoms with Crippen LogP contribution in [0.25, 0.3) is 0 Å². The van der Waals surface area contributed by atoms with E-state index in [2.05, 4.69) is 29.8 Å². The van der Waals surface area contributed by atoms with Crippen LogP contribution in [0.1, 0.15) is 32.3 Å². The Morgan fingerprint density at radius 1 is 1.50 bits per heavy atom. The van der Waals surface area contributed by atoms with Gasteiger partial charge in [-0.3, -0.25) is 0 Å². The Labute approximate surface area is 103 Å². The smallest absolute Gasteiger partial charge is 0.133 e. The maximum absolute atomic E-state index is 5.97. The standard InChI is InChI=1S/C13H19ClN2/c1-10(2)9-16(12-5-6-12)13-11(8-14)4-3-7-15-13/h3-4,7,10,12H,5-6,8-9H2,1-2H3. The zero-order chi connectivity index (χ0) is 11.5. The molecule has 1 aromatic heterocycles. The summed E-state index contributed by atoms with van der Waals surface area (Å²) in [5, 5.41) is 0. The van der Waals surface area contributed by atoms with Gasteiger partial charge in [0.25, 0.3) is 0 Å². The Kier molecular flexibility index (Phi) is 3.70. The second-order valence-corrected chi connectivity index (χ2v) is 5.16. The van der Waals surface area contributed by atoms with Crippen molar-refractivity contribution in [3.63, 3.8) is 0 Å². The van der Waals surface area contributed by atoms with E-state index in [4.69, 9.17) is 11.6 Å². The average molecular weight is 239 g/mol. The van der Waals surface area contributed by atoms with Gasteiger partial charge in [0.05, 0.1) is 5.88 Å². The number of nitrogens with zero attached hydrogens (tertiary/aromatic N) is 2. The molecule has 88 valence electrons. The fourth-order valence-corrected chi connectivity index (χ4v) is 2.19. The van der Waals surface area contributed by atoms with E-state index in [1.165, 1.54) is 12.8 Å². The molecule has 0 bridgehead atoms. The van der Waals surface area contributed by atoms with Crippen LogP contribution in [-0.2, 0) is 5.88 Å². The lowest BCUT2D eigenvalue weighted by Gasteiger charge is -2.27. The van der Waals surface area contributed by atoms with Gasteiger partial charge in [-0.1, -0.05) is 19.9 Å². The van der Waals surface area contributed by atoms with E-state index in [-0.39, 0.29) is 0 Å². The Morgan fingerprint density at radius 2 is 2.25 bits per heavy atom. The summed E-state index contributed by atoms with van der Waals surface area (Å²) in [4.78, 5) is 6.94. The summed E-state index contributed by atoms with van der Waals surface area (Å²) >= 11 is 5.97. The van der Waals surface area contributed by atoms with Gasteiger partial charge in [0.2, 0.25) is 0 Å². The van der Waals surface area contributed by atoms with E-state index in [0.717, 1.165) is 17.9 Å². The lowest BCUT2D eigenvalue weighted by molar-refractivity contribution is 0.601. The second kappa shape index (κ2) is 5.05. The zero-order valence-electron chi connectivity index (χ0n) is 9.99. The van der Waals surface area contributed by atoms with E-state index >= 15 is 0 Å². The molecule has 1 aliphatic rings. The van der Waals surface area contributed by atoms with Gasteiger partial charge in [0, 0.05) is 24.3 Å². The van der Waals surface area contributed by atoms with Crippen molar-refractivity contribution in [3.8, 4) is 0 Å². The van der Waals surface area contributed by atoms with Crippen molar-refractivity contribution in [2.24, 2.45) is 5.92 Å². The Morgan fingerprint density at radius 3 is 2.81 bits per heavy atom. The van der Waals surface area contributed by atoms with Crippen LogP contribution in [0.4, 0.5) is 5.82 Å². The van der Waals surface area contributed by atoms with Gasteiger partial charge in [-0.15, -0.1) is 11.6 Å². The normalized spacial score (nSPS) is 15.5. The molecule has 1 heterocycles. The van der Waals surface area contributed by atoms with Crippen molar-refractivity contribution in [2.45, 2.75) is 38.6 Å². The van der Waals surface area contributed by atoms with Crippen LogP contribution in [0.2, 0.25) is 0 Å². The highest BCUT2D eigenvalue weighted by molar-refractivity contribution is 6.17. The second-order valence-electron chi connectivity index (χ2n) is 4.90. The molecule has 0 unspecified atom stereocenters. The van der Waals surface area contributed by atoms with Crippen molar-refractivity contribution < 1.29 is 0 Å². The van der Waals surface area contributed by atoms with E-state index in [1.807, 2.05) is 12.3 Å². The Hall–Kier alpha value is -0.760. The lowest BCUT2D eigenvalue weighted by atomic mass is 10.2. The van der Waals surface area contributed by atoms with Gasteiger partial charge in [0.1, 0.15) is 5.82 Å². The van der Waals surface area contributed by atoms with E-state index in [9.17, 15) is 0 Å². The monoisotopic (exact) mass is 238 g/mol. The largest absolute Gasteiger partial charge is 0.353 e. The minimum absolute atomic E-state index is 0.546. The summed E-state index contributed by atoms with van der Waals surface area (Å²) in [6, 6.07) is 4.73. The molecule has 3 heteroatoms. The molecule has 0 amide bonds.